The van der Waals surface area contributed by atoms with Crippen LogP contribution in [-0.4, -0.2) is 13.4 Å². The van der Waals surface area contributed by atoms with Crippen molar-refractivity contribution < 1.29 is 8.42 Å². The van der Waals surface area contributed by atoms with Crippen molar-refractivity contribution >= 4 is 20.7 Å². The van der Waals surface area contributed by atoms with Gasteiger partial charge in [0, 0.05) is 17.1 Å². The second kappa shape index (κ2) is 5.04. The van der Waals surface area contributed by atoms with Gasteiger partial charge >= 0.3 is 0 Å². The fourth-order valence-electron chi connectivity index (χ4n) is 2.42. The zero-order valence-corrected chi connectivity index (χ0v) is 12.8. The first-order chi connectivity index (χ1) is 10.00. The standard InChI is InChI=1S/C17H17NO2S/c1-12(2)13-8-9-16-15(10-13)17(11-18-16)21(19,20)14-6-4-3-5-7-14/h3-12,18H,1-2H3. The minimum absolute atomic E-state index is 0.320. The Kier molecular flexibility index (Phi) is 3.33. The Morgan fingerprint density at radius 1 is 1.00 bits per heavy atom. The number of hydrogen-bond donors (Lipinski definition) is 1. The van der Waals surface area contributed by atoms with Crippen LogP contribution in [0.15, 0.2) is 64.5 Å². The number of fused-ring (bicyclic) bond motifs is 1. The molecular weight excluding hydrogens is 282 g/mol. The van der Waals surface area contributed by atoms with Crippen LogP contribution in [0.25, 0.3) is 10.9 Å². The molecule has 0 aliphatic heterocycles. The summed E-state index contributed by atoms with van der Waals surface area (Å²) in [6.45, 7) is 4.19. The van der Waals surface area contributed by atoms with E-state index < -0.39 is 9.84 Å². The SMILES string of the molecule is CC(C)c1ccc2[nH]cc(S(=O)(=O)c3ccccc3)c2c1. The Balaban J connectivity index is 2.23. The Labute approximate surface area is 124 Å². The molecule has 1 heterocycles. The van der Waals surface area contributed by atoms with Gasteiger partial charge in [-0.1, -0.05) is 38.1 Å². The number of rotatable bonds is 3. The van der Waals surface area contributed by atoms with Crippen LogP contribution >= 0.6 is 0 Å². The lowest BCUT2D eigenvalue weighted by atomic mass is 10.0. The van der Waals surface area contributed by atoms with Crippen LogP contribution < -0.4 is 0 Å². The Hall–Kier alpha value is -2.07. The van der Waals surface area contributed by atoms with Crippen LogP contribution in [0.3, 0.4) is 0 Å². The van der Waals surface area contributed by atoms with Crippen molar-refractivity contribution in [2.24, 2.45) is 0 Å². The third kappa shape index (κ3) is 2.36. The van der Waals surface area contributed by atoms with Gasteiger partial charge < -0.3 is 4.98 Å². The summed E-state index contributed by atoms with van der Waals surface area (Å²) < 4.78 is 25.5. The number of aromatic nitrogens is 1. The van der Waals surface area contributed by atoms with E-state index in [-0.39, 0.29) is 0 Å². The van der Waals surface area contributed by atoms with Gasteiger partial charge in [-0.15, -0.1) is 0 Å². The molecule has 0 radical (unpaired) electrons. The molecule has 3 aromatic rings. The van der Waals surface area contributed by atoms with Gasteiger partial charge in [-0.05, 0) is 35.7 Å². The van der Waals surface area contributed by atoms with E-state index in [4.69, 9.17) is 0 Å². The fourth-order valence-corrected chi connectivity index (χ4v) is 3.86. The molecule has 0 saturated heterocycles. The lowest BCUT2D eigenvalue weighted by Crippen LogP contribution is -2.01. The van der Waals surface area contributed by atoms with Crippen molar-refractivity contribution in [1.29, 1.82) is 0 Å². The highest BCUT2D eigenvalue weighted by Gasteiger charge is 2.21. The van der Waals surface area contributed by atoms with Crippen molar-refractivity contribution in [2.45, 2.75) is 29.6 Å². The van der Waals surface area contributed by atoms with Crippen LogP contribution in [0, 0.1) is 0 Å². The Morgan fingerprint density at radius 3 is 2.38 bits per heavy atom. The quantitative estimate of drug-likeness (QED) is 0.790. The van der Waals surface area contributed by atoms with Crippen molar-refractivity contribution in [2.75, 3.05) is 0 Å². The van der Waals surface area contributed by atoms with Gasteiger partial charge in [0.25, 0.3) is 0 Å². The van der Waals surface area contributed by atoms with Gasteiger partial charge in [0.15, 0.2) is 0 Å². The summed E-state index contributed by atoms with van der Waals surface area (Å²) in [4.78, 5) is 3.71. The minimum atomic E-state index is -3.50. The van der Waals surface area contributed by atoms with Crippen LogP contribution in [0.4, 0.5) is 0 Å². The summed E-state index contributed by atoms with van der Waals surface area (Å²) in [5.41, 5.74) is 1.97. The molecule has 2 aromatic carbocycles. The Morgan fingerprint density at radius 2 is 1.71 bits per heavy atom. The number of aromatic amines is 1. The lowest BCUT2D eigenvalue weighted by molar-refractivity contribution is 0.597. The molecule has 0 saturated carbocycles. The third-order valence-corrected chi connectivity index (χ3v) is 5.49. The molecule has 1 aromatic heterocycles. The smallest absolute Gasteiger partial charge is 0.208 e. The van der Waals surface area contributed by atoms with Crippen molar-refractivity contribution in [3.8, 4) is 0 Å². The summed E-state index contributed by atoms with van der Waals surface area (Å²) in [5, 5.41) is 0.755. The Bertz CT molecular complexity index is 878. The molecule has 3 nitrogen and oxygen atoms in total. The van der Waals surface area contributed by atoms with Gasteiger partial charge in [0.1, 0.15) is 0 Å². The normalized spacial score (nSPS) is 12.1. The molecule has 0 aliphatic rings. The first-order valence-corrected chi connectivity index (χ1v) is 8.39. The van der Waals surface area contributed by atoms with Crippen LogP contribution in [0.5, 0.6) is 0 Å². The third-order valence-electron chi connectivity index (χ3n) is 3.68. The first kappa shape index (κ1) is 13.9. The van der Waals surface area contributed by atoms with Crippen LogP contribution in [0.2, 0.25) is 0 Å². The zero-order valence-electron chi connectivity index (χ0n) is 12.0. The topological polar surface area (TPSA) is 49.9 Å². The van der Waals surface area contributed by atoms with E-state index in [0.717, 1.165) is 16.5 Å². The molecule has 0 amide bonds. The van der Waals surface area contributed by atoms with E-state index in [2.05, 4.69) is 18.8 Å². The molecule has 4 heteroatoms. The van der Waals surface area contributed by atoms with Crippen LogP contribution in [-0.2, 0) is 9.84 Å². The maximum absolute atomic E-state index is 12.8. The highest BCUT2D eigenvalue weighted by atomic mass is 32.2. The van der Waals surface area contributed by atoms with E-state index >= 15 is 0 Å². The van der Waals surface area contributed by atoms with E-state index in [1.165, 1.54) is 0 Å². The van der Waals surface area contributed by atoms with E-state index in [0.29, 0.717) is 15.7 Å². The largest absolute Gasteiger partial charge is 0.360 e. The molecule has 108 valence electrons. The number of H-pyrrole nitrogens is 1. The lowest BCUT2D eigenvalue weighted by Gasteiger charge is -2.07. The second-order valence-corrected chi connectivity index (χ2v) is 7.35. The molecule has 0 unspecified atom stereocenters. The molecule has 0 aliphatic carbocycles. The van der Waals surface area contributed by atoms with Gasteiger partial charge in [-0.3, -0.25) is 0 Å². The molecule has 0 spiro atoms. The summed E-state index contributed by atoms with van der Waals surface area (Å²) in [6.07, 6.45) is 1.58. The van der Waals surface area contributed by atoms with Gasteiger partial charge in [-0.2, -0.15) is 0 Å². The molecule has 21 heavy (non-hydrogen) atoms. The fraction of sp³-hybridized carbons (Fsp3) is 0.176. The second-order valence-electron chi connectivity index (χ2n) is 5.43. The molecule has 0 fully saturated rings. The summed E-state index contributed by atoms with van der Waals surface area (Å²) >= 11 is 0. The van der Waals surface area contributed by atoms with Gasteiger partial charge in [0.05, 0.1) is 9.79 Å². The maximum Gasteiger partial charge on any atom is 0.208 e. The van der Waals surface area contributed by atoms with Crippen molar-refractivity contribution in [1.82, 2.24) is 4.98 Å². The van der Waals surface area contributed by atoms with Gasteiger partial charge in [0.2, 0.25) is 9.84 Å². The molecule has 3 rings (SSSR count). The highest BCUT2D eigenvalue weighted by molar-refractivity contribution is 7.91. The molecule has 0 bridgehead atoms. The average molecular weight is 299 g/mol. The molecule has 1 N–H and O–H groups in total. The van der Waals surface area contributed by atoms with Crippen molar-refractivity contribution in [3.05, 3.63) is 60.3 Å². The van der Waals surface area contributed by atoms with E-state index in [1.54, 1.807) is 30.5 Å². The number of nitrogens with one attached hydrogen (secondary N) is 1. The number of benzene rings is 2. The number of hydrogen-bond acceptors (Lipinski definition) is 2. The molecule has 0 atom stereocenters. The highest BCUT2D eigenvalue weighted by Crippen LogP contribution is 2.30. The predicted octanol–water partition coefficient (Wildman–Crippen LogP) is 4.12. The first-order valence-electron chi connectivity index (χ1n) is 6.91. The zero-order chi connectivity index (χ0) is 15.0. The maximum atomic E-state index is 12.8. The minimum Gasteiger partial charge on any atom is -0.360 e. The monoisotopic (exact) mass is 299 g/mol. The van der Waals surface area contributed by atoms with Gasteiger partial charge in [-0.25, -0.2) is 8.42 Å². The summed E-state index contributed by atoms with van der Waals surface area (Å²) in [6, 6.07) is 14.5. The molecular formula is C17H17NO2S. The van der Waals surface area contributed by atoms with E-state index in [1.807, 2.05) is 24.3 Å². The summed E-state index contributed by atoms with van der Waals surface area (Å²) in [7, 11) is -3.50. The predicted molar refractivity (Wildman–Crippen MR) is 84.3 cm³/mol. The summed E-state index contributed by atoms with van der Waals surface area (Å²) in [5.74, 6) is 0.358. The van der Waals surface area contributed by atoms with Crippen LogP contribution in [0.1, 0.15) is 25.3 Å². The van der Waals surface area contributed by atoms with E-state index in [9.17, 15) is 8.42 Å². The number of sulfone groups is 1. The average Bonchev–Trinajstić information content (AvgIpc) is 2.91. The van der Waals surface area contributed by atoms with Crippen molar-refractivity contribution in [3.63, 3.8) is 0 Å².